The molecule has 2 aromatic rings. The van der Waals surface area contributed by atoms with Crippen LogP contribution in [0.15, 0.2) is 42.5 Å². The Hall–Kier alpha value is -2.90. The first-order chi connectivity index (χ1) is 12.0. The normalized spacial score (nSPS) is 10.4. The highest BCUT2D eigenvalue weighted by Crippen LogP contribution is 2.31. The number of rotatable bonds is 8. The van der Waals surface area contributed by atoms with Crippen molar-refractivity contribution in [3.8, 4) is 11.5 Å². The van der Waals surface area contributed by atoms with Crippen LogP contribution in [0, 0.1) is 5.82 Å². The van der Waals surface area contributed by atoms with Gasteiger partial charge in [0.05, 0.1) is 13.7 Å². The fourth-order valence-electron chi connectivity index (χ4n) is 2.02. The van der Waals surface area contributed by atoms with Gasteiger partial charge in [-0.1, -0.05) is 12.1 Å². The number of hydrogen-bond acceptors (Lipinski definition) is 4. The van der Waals surface area contributed by atoms with Crippen LogP contribution in [0.25, 0.3) is 0 Å². The molecule has 2 rings (SSSR count). The molecule has 8 heteroatoms. The number of methoxy groups -OCH3 is 1. The molecule has 5 nitrogen and oxygen atoms in total. The van der Waals surface area contributed by atoms with Gasteiger partial charge in [0.1, 0.15) is 5.82 Å². The molecule has 0 unspecified atom stereocenters. The zero-order valence-electron chi connectivity index (χ0n) is 13.4. The van der Waals surface area contributed by atoms with Crippen molar-refractivity contribution in [3.63, 3.8) is 0 Å². The molecule has 0 radical (unpaired) electrons. The van der Waals surface area contributed by atoms with E-state index in [9.17, 15) is 18.0 Å². The lowest BCUT2D eigenvalue weighted by Crippen LogP contribution is -2.29. The summed E-state index contributed by atoms with van der Waals surface area (Å²) >= 11 is 0. The molecule has 0 spiro atoms. The Morgan fingerprint density at radius 3 is 2.48 bits per heavy atom. The highest BCUT2D eigenvalue weighted by Gasteiger charge is 2.11. The maximum absolute atomic E-state index is 12.8. The Kier molecular flexibility index (Phi) is 6.50. The van der Waals surface area contributed by atoms with Crippen LogP contribution >= 0.6 is 0 Å². The van der Waals surface area contributed by atoms with Gasteiger partial charge in [-0.3, -0.25) is 4.79 Å². The fraction of sp³-hybridized carbons (Fsp3) is 0.235. The second-order valence-corrected chi connectivity index (χ2v) is 5.00. The van der Waals surface area contributed by atoms with Crippen molar-refractivity contribution in [1.82, 2.24) is 5.32 Å². The maximum atomic E-state index is 12.8. The van der Waals surface area contributed by atoms with Crippen LogP contribution in [0.2, 0.25) is 0 Å². The van der Waals surface area contributed by atoms with E-state index in [0.29, 0.717) is 5.69 Å². The van der Waals surface area contributed by atoms with Crippen molar-refractivity contribution in [2.24, 2.45) is 0 Å². The third-order valence-corrected chi connectivity index (χ3v) is 3.24. The zero-order chi connectivity index (χ0) is 18.2. The number of carbonyl (C=O) groups is 1. The minimum absolute atomic E-state index is 0.0678. The Balaban J connectivity index is 1.87. The monoisotopic (exact) mass is 354 g/mol. The van der Waals surface area contributed by atoms with Crippen LogP contribution in [0.5, 0.6) is 11.5 Å². The quantitative estimate of drug-likeness (QED) is 0.765. The smallest absolute Gasteiger partial charge is 0.387 e. The first-order valence-electron chi connectivity index (χ1n) is 7.36. The summed E-state index contributed by atoms with van der Waals surface area (Å²) in [5.41, 5.74) is 1.18. The Labute approximate surface area is 142 Å². The molecule has 0 aliphatic heterocycles. The second kappa shape index (κ2) is 8.81. The van der Waals surface area contributed by atoms with Crippen LogP contribution in [0.1, 0.15) is 5.56 Å². The van der Waals surface area contributed by atoms with Gasteiger partial charge < -0.3 is 20.1 Å². The third kappa shape index (κ3) is 5.91. The highest BCUT2D eigenvalue weighted by atomic mass is 19.3. The molecule has 0 fully saturated rings. The number of ether oxygens (including phenoxy) is 2. The largest absolute Gasteiger partial charge is 0.493 e. The van der Waals surface area contributed by atoms with E-state index in [2.05, 4.69) is 15.4 Å². The van der Waals surface area contributed by atoms with Crippen molar-refractivity contribution < 1.29 is 27.4 Å². The van der Waals surface area contributed by atoms with Crippen LogP contribution in [-0.4, -0.2) is 26.2 Å². The molecule has 134 valence electrons. The maximum Gasteiger partial charge on any atom is 0.387 e. The van der Waals surface area contributed by atoms with Gasteiger partial charge in [0, 0.05) is 18.3 Å². The SMILES string of the molecule is COc1ccc(NCC(=O)NCc2ccc(F)cc2)cc1OC(F)F. The number of alkyl halides is 2. The number of halogens is 3. The lowest BCUT2D eigenvalue weighted by Gasteiger charge is -2.13. The minimum atomic E-state index is -2.98. The summed E-state index contributed by atoms with van der Waals surface area (Å²) in [6, 6.07) is 10.1. The standard InChI is InChI=1S/C17H17F3N2O3/c1-24-14-7-6-13(8-15(14)25-17(19)20)21-10-16(23)22-9-11-2-4-12(18)5-3-11/h2-8,17,21H,9-10H2,1H3,(H,22,23). The number of amides is 1. The highest BCUT2D eigenvalue weighted by molar-refractivity contribution is 5.80. The minimum Gasteiger partial charge on any atom is -0.493 e. The fourth-order valence-corrected chi connectivity index (χ4v) is 2.02. The zero-order valence-corrected chi connectivity index (χ0v) is 13.4. The van der Waals surface area contributed by atoms with Gasteiger partial charge >= 0.3 is 6.61 Å². The van der Waals surface area contributed by atoms with E-state index >= 15 is 0 Å². The van der Waals surface area contributed by atoms with Crippen molar-refractivity contribution in [2.75, 3.05) is 19.0 Å². The van der Waals surface area contributed by atoms with Gasteiger partial charge in [0.2, 0.25) is 5.91 Å². The van der Waals surface area contributed by atoms with Crippen molar-refractivity contribution in [1.29, 1.82) is 0 Å². The number of anilines is 1. The summed E-state index contributed by atoms with van der Waals surface area (Å²) in [7, 11) is 1.34. The van der Waals surface area contributed by atoms with Crippen LogP contribution in [0.3, 0.4) is 0 Å². The molecule has 1 amide bonds. The average Bonchev–Trinajstić information content (AvgIpc) is 2.59. The lowest BCUT2D eigenvalue weighted by atomic mass is 10.2. The number of benzene rings is 2. The topological polar surface area (TPSA) is 59.6 Å². The molecule has 2 N–H and O–H groups in total. The first-order valence-corrected chi connectivity index (χ1v) is 7.36. The van der Waals surface area contributed by atoms with Crippen LogP contribution in [0.4, 0.5) is 18.9 Å². The number of nitrogens with one attached hydrogen (secondary N) is 2. The molecule has 25 heavy (non-hydrogen) atoms. The molecular weight excluding hydrogens is 337 g/mol. The van der Waals surface area contributed by atoms with Crippen molar-refractivity contribution >= 4 is 11.6 Å². The second-order valence-electron chi connectivity index (χ2n) is 5.00. The Morgan fingerprint density at radius 2 is 1.84 bits per heavy atom. The van der Waals surface area contributed by atoms with Crippen molar-refractivity contribution in [2.45, 2.75) is 13.2 Å². The van der Waals surface area contributed by atoms with Crippen LogP contribution < -0.4 is 20.1 Å². The summed E-state index contributed by atoms with van der Waals surface area (Å²) in [5, 5.41) is 5.46. The average molecular weight is 354 g/mol. The molecule has 0 saturated heterocycles. The molecule has 2 aromatic carbocycles. The molecule has 0 heterocycles. The van der Waals surface area contributed by atoms with Gasteiger partial charge in [0.15, 0.2) is 11.5 Å². The van der Waals surface area contributed by atoms with E-state index < -0.39 is 6.61 Å². The van der Waals surface area contributed by atoms with Gasteiger partial charge in [-0.2, -0.15) is 8.78 Å². The van der Waals surface area contributed by atoms with Gasteiger partial charge in [-0.15, -0.1) is 0 Å². The summed E-state index contributed by atoms with van der Waals surface area (Å²) in [6.07, 6.45) is 0. The molecule has 0 aromatic heterocycles. The molecule has 0 aliphatic rings. The molecule has 0 aliphatic carbocycles. The third-order valence-electron chi connectivity index (χ3n) is 3.24. The first kappa shape index (κ1) is 18.4. The number of hydrogen-bond donors (Lipinski definition) is 2. The summed E-state index contributed by atoms with van der Waals surface area (Å²) < 4.78 is 46.9. The van der Waals surface area contributed by atoms with Crippen molar-refractivity contribution in [3.05, 3.63) is 53.8 Å². The van der Waals surface area contributed by atoms with E-state index in [-0.39, 0.29) is 36.3 Å². The Morgan fingerprint density at radius 1 is 1.12 bits per heavy atom. The lowest BCUT2D eigenvalue weighted by molar-refractivity contribution is -0.119. The van der Waals surface area contributed by atoms with Gasteiger partial charge in [-0.25, -0.2) is 4.39 Å². The van der Waals surface area contributed by atoms with E-state index in [1.165, 1.54) is 31.4 Å². The summed E-state index contributed by atoms with van der Waals surface area (Å²) in [6.45, 7) is -2.80. The van der Waals surface area contributed by atoms with Crippen LogP contribution in [-0.2, 0) is 11.3 Å². The number of carbonyl (C=O) groups excluding carboxylic acids is 1. The summed E-state index contributed by atoms with van der Waals surface area (Å²) in [5.74, 6) is -0.629. The molecular formula is C17H17F3N2O3. The molecule has 0 saturated carbocycles. The Bertz CT molecular complexity index is 709. The van der Waals surface area contributed by atoms with E-state index in [1.54, 1.807) is 18.2 Å². The van der Waals surface area contributed by atoms with Gasteiger partial charge in [-0.05, 0) is 29.8 Å². The van der Waals surface area contributed by atoms with E-state index in [1.807, 2.05) is 0 Å². The predicted octanol–water partition coefficient (Wildman–Crippen LogP) is 3.16. The van der Waals surface area contributed by atoms with E-state index in [0.717, 1.165) is 5.56 Å². The van der Waals surface area contributed by atoms with Gasteiger partial charge in [0.25, 0.3) is 0 Å². The molecule has 0 atom stereocenters. The summed E-state index contributed by atoms with van der Waals surface area (Å²) in [4.78, 5) is 11.8. The molecule has 0 bridgehead atoms. The van der Waals surface area contributed by atoms with E-state index in [4.69, 9.17) is 4.74 Å². The predicted molar refractivity (Wildman–Crippen MR) is 86.4 cm³/mol.